The molecule has 1 saturated heterocycles. The van der Waals surface area contributed by atoms with Crippen molar-refractivity contribution >= 4 is 29.1 Å². The summed E-state index contributed by atoms with van der Waals surface area (Å²) in [6, 6.07) is 10.7. The largest absolute Gasteiger partial charge is 0.490 e. The van der Waals surface area contributed by atoms with Crippen LogP contribution in [-0.2, 0) is 15.0 Å². The van der Waals surface area contributed by atoms with Gasteiger partial charge in [-0.05, 0) is 85.3 Å². The molecule has 2 N–H and O–H groups in total. The first-order valence-corrected chi connectivity index (χ1v) is 13.5. The summed E-state index contributed by atoms with van der Waals surface area (Å²) in [5.74, 6) is -3.83. The van der Waals surface area contributed by atoms with Gasteiger partial charge in [0.05, 0.1) is 12.1 Å². The fourth-order valence-corrected chi connectivity index (χ4v) is 6.69. The maximum Gasteiger partial charge on any atom is 0.238 e. The zero-order valence-corrected chi connectivity index (χ0v) is 21.7. The van der Waals surface area contributed by atoms with E-state index in [9.17, 15) is 18.4 Å². The van der Waals surface area contributed by atoms with E-state index in [0.29, 0.717) is 22.0 Å². The van der Waals surface area contributed by atoms with Crippen molar-refractivity contribution in [2.24, 2.45) is 0 Å². The van der Waals surface area contributed by atoms with Crippen LogP contribution in [0.5, 0.6) is 5.75 Å². The molecule has 3 unspecified atom stereocenters. The molecule has 2 aliphatic heterocycles. The van der Waals surface area contributed by atoms with Crippen molar-refractivity contribution in [3.63, 3.8) is 0 Å². The van der Waals surface area contributed by atoms with Crippen molar-refractivity contribution < 1.29 is 27.5 Å². The summed E-state index contributed by atoms with van der Waals surface area (Å²) < 4.78 is 51.0. The lowest BCUT2D eigenvalue weighted by atomic mass is 9.59. The molecule has 3 aromatic rings. The lowest BCUT2D eigenvalue weighted by Gasteiger charge is -2.46. The summed E-state index contributed by atoms with van der Waals surface area (Å²) >= 11 is 6.23. The van der Waals surface area contributed by atoms with Gasteiger partial charge in [-0.25, -0.2) is 13.2 Å². The van der Waals surface area contributed by atoms with E-state index in [1.165, 1.54) is 18.2 Å². The molecule has 6 rings (SSSR count). The standard InChI is InChI=1S/C30H26ClF3N2O3/c31-16-6-9-22-25(12-16)35-29(38)30(22)23(20-13-17(32)7-10-24(20)34)15-27(37)36-28(30)21-14-18(33)8-11-26(21)39-19-4-2-1-3-5-19/h6-14,19,23,28H,1-5,15H2,(H,35,38)(H,36,37). The second kappa shape index (κ2) is 9.90. The van der Waals surface area contributed by atoms with Gasteiger partial charge in [-0.1, -0.05) is 24.1 Å². The molecule has 5 nitrogen and oxygen atoms in total. The topological polar surface area (TPSA) is 67.4 Å². The van der Waals surface area contributed by atoms with Gasteiger partial charge >= 0.3 is 0 Å². The summed E-state index contributed by atoms with van der Waals surface area (Å²) in [5.41, 5.74) is -0.668. The molecular weight excluding hydrogens is 529 g/mol. The smallest absolute Gasteiger partial charge is 0.238 e. The Morgan fingerprint density at radius 2 is 1.59 bits per heavy atom. The SMILES string of the molecule is O=C1CC(c2cc(F)ccc2F)C2(C(=O)Nc3cc(Cl)ccc32)C(c2cc(F)ccc2OC2CCCCC2)N1. The molecule has 2 fully saturated rings. The Bertz CT molecular complexity index is 1480. The molecule has 3 atom stereocenters. The third-order valence-electron chi connectivity index (χ3n) is 8.21. The molecule has 2 amide bonds. The Hall–Kier alpha value is -3.52. The van der Waals surface area contributed by atoms with Crippen LogP contribution in [0.1, 0.15) is 67.2 Å². The van der Waals surface area contributed by atoms with Gasteiger partial charge in [-0.15, -0.1) is 0 Å². The van der Waals surface area contributed by atoms with Gasteiger partial charge in [0, 0.05) is 28.6 Å². The number of hydrogen-bond acceptors (Lipinski definition) is 3. The van der Waals surface area contributed by atoms with Gasteiger partial charge in [-0.3, -0.25) is 9.59 Å². The summed E-state index contributed by atoms with van der Waals surface area (Å²) in [6.07, 6.45) is 4.39. The first kappa shape index (κ1) is 25.7. The van der Waals surface area contributed by atoms with Crippen molar-refractivity contribution in [3.8, 4) is 5.75 Å². The van der Waals surface area contributed by atoms with E-state index >= 15 is 4.39 Å². The Morgan fingerprint density at radius 1 is 0.872 bits per heavy atom. The lowest BCUT2D eigenvalue weighted by Crippen LogP contribution is -2.57. The quantitative estimate of drug-likeness (QED) is 0.377. The van der Waals surface area contributed by atoms with Crippen LogP contribution in [0.2, 0.25) is 5.02 Å². The van der Waals surface area contributed by atoms with Crippen LogP contribution in [0, 0.1) is 17.5 Å². The monoisotopic (exact) mass is 554 g/mol. The van der Waals surface area contributed by atoms with E-state index in [1.54, 1.807) is 18.2 Å². The van der Waals surface area contributed by atoms with Crippen LogP contribution < -0.4 is 15.4 Å². The Morgan fingerprint density at radius 3 is 2.36 bits per heavy atom. The van der Waals surface area contributed by atoms with E-state index in [1.807, 2.05) is 0 Å². The van der Waals surface area contributed by atoms with E-state index < -0.39 is 46.6 Å². The Balaban J connectivity index is 1.59. The molecule has 0 aromatic heterocycles. The highest BCUT2D eigenvalue weighted by atomic mass is 35.5. The number of hydrogen-bond donors (Lipinski definition) is 2. The summed E-state index contributed by atoms with van der Waals surface area (Å²) in [7, 11) is 0. The van der Waals surface area contributed by atoms with Crippen LogP contribution in [0.25, 0.3) is 0 Å². The Labute approximate surface area is 228 Å². The second-order valence-electron chi connectivity index (χ2n) is 10.5. The van der Waals surface area contributed by atoms with E-state index in [2.05, 4.69) is 10.6 Å². The van der Waals surface area contributed by atoms with E-state index in [-0.39, 0.29) is 23.7 Å². The maximum absolute atomic E-state index is 15.3. The first-order chi connectivity index (χ1) is 18.8. The number of nitrogens with one attached hydrogen (secondary N) is 2. The highest BCUT2D eigenvalue weighted by Crippen LogP contribution is 2.58. The van der Waals surface area contributed by atoms with Gasteiger partial charge in [0.2, 0.25) is 11.8 Å². The van der Waals surface area contributed by atoms with Gasteiger partial charge < -0.3 is 15.4 Å². The molecule has 2 heterocycles. The number of benzene rings is 3. The maximum atomic E-state index is 15.3. The first-order valence-electron chi connectivity index (χ1n) is 13.1. The van der Waals surface area contributed by atoms with Crippen molar-refractivity contribution in [1.82, 2.24) is 5.32 Å². The fourth-order valence-electron chi connectivity index (χ4n) is 6.52. The van der Waals surface area contributed by atoms with Crippen LogP contribution in [0.4, 0.5) is 18.9 Å². The van der Waals surface area contributed by atoms with Crippen molar-refractivity contribution in [2.45, 2.75) is 62.0 Å². The predicted octanol–water partition coefficient (Wildman–Crippen LogP) is 6.70. The summed E-state index contributed by atoms with van der Waals surface area (Å²) in [6.45, 7) is 0. The average molecular weight is 555 g/mol. The molecular formula is C30H26ClF3N2O3. The fraction of sp³-hybridized carbons (Fsp3) is 0.333. The second-order valence-corrected chi connectivity index (χ2v) is 10.9. The van der Waals surface area contributed by atoms with E-state index in [0.717, 1.165) is 50.3 Å². The molecule has 1 saturated carbocycles. The van der Waals surface area contributed by atoms with Crippen molar-refractivity contribution in [2.75, 3.05) is 5.32 Å². The number of carbonyl (C=O) groups is 2. The van der Waals surface area contributed by atoms with Crippen LogP contribution in [0.3, 0.4) is 0 Å². The molecule has 202 valence electrons. The number of carbonyl (C=O) groups excluding carboxylic acids is 2. The van der Waals surface area contributed by atoms with Gasteiger partial charge in [0.15, 0.2) is 0 Å². The zero-order chi connectivity index (χ0) is 27.3. The third-order valence-corrected chi connectivity index (χ3v) is 8.45. The number of fused-ring (bicyclic) bond motifs is 2. The number of anilines is 1. The number of amides is 2. The minimum absolute atomic E-state index is 0.0989. The molecule has 0 radical (unpaired) electrons. The summed E-state index contributed by atoms with van der Waals surface area (Å²) in [4.78, 5) is 27.3. The molecule has 1 aliphatic carbocycles. The normalized spacial score (nSPS) is 24.8. The zero-order valence-electron chi connectivity index (χ0n) is 20.9. The predicted molar refractivity (Wildman–Crippen MR) is 140 cm³/mol. The average Bonchev–Trinajstić information content (AvgIpc) is 3.19. The molecule has 3 aliphatic rings. The molecule has 39 heavy (non-hydrogen) atoms. The van der Waals surface area contributed by atoms with Crippen molar-refractivity contribution in [1.29, 1.82) is 0 Å². The lowest BCUT2D eigenvalue weighted by molar-refractivity contribution is -0.131. The minimum atomic E-state index is -1.65. The molecule has 3 aromatic carbocycles. The van der Waals surface area contributed by atoms with Crippen LogP contribution >= 0.6 is 11.6 Å². The van der Waals surface area contributed by atoms with Crippen LogP contribution in [0.15, 0.2) is 54.6 Å². The van der Waals surface area contributed by atoms with E-state index in [4.69, 9.17) is 16.3 Å². The molecule has 1 spiro atoms. The summed E-state index contributed by atoms with van der Waals surface area (Å²) in [5, 5.41) is 6.10. The molecule has 0 bridgehead atoms. The third kappa shape index (κ3) is 4.35. The highest BCUT2D eigenvalue weighted by Gasteiger charge is 2.62. The Kier molecular flexibility index (Phi) is 6.53. The van der Waals surface area contributed by atoms with Crippen molar-refractivity contribution in [3.05, 3.63) is 93.8 Å². The van der Waals surface area contributed by atoms with Gasteiger partial charge in [-0.2, -0.15) is 0 Å². The molecule has 9 heteroatoms. The minimum Gasteiger partial charge on any atom is -0.490 e. The van der Waals surface area contributed by atoms with Crippen LogP contribution in [-0.4, -0.2) is 17.9 Å². The number of rotatable bonds is 4. The van der Waals surface area contributed by atoms with Gasteiger partial charge in [0.25, 0.3) is 0 Å². The van der Waals surface area contributed by atoms with Gasteiger partial charge in [0.1, 0.15) is 28.6 Å². The number of piperidine rings is 1. The number of halogens is 4. The highest BCUT2D eigenvalue weighted by molar-refractivity contribution is 6.31. The number of ether oxygens (including phenoxy) is 1.